The first kappa shape index (κ1) is 14.9. The molecule has 1 aliphatic carbocycles. The van der Waals surface area contributed by atoms with Crippen LogP contribution in [0.5, 0.6) is 0 Å². The Kier molecular flexibility index (Phi) is 4.57. The first-order valence-corrected chi connectivity index (χ1v) is 8.83. The zero-order chi connectivity index (χ0) is 14.7. The van der Waals surface area contributed by atoms with Gasteiger partial charge in [-0.3, -0.25) is 4.98 Å². The van der Waals surface area contributed by atoms with E-state index in [2.05, 4.69) is 34.7 Å². The minimum absolute atomic E-state index is 0.219. The van der Waals surface area contributed by atoms with E-state index in [0.29, 0.717) is 6.54 Å². The third kappa shape index (κ3) is 3.62. The molecule has 3 rings (SSSR count). The van der Waals surface area contributed by atoms with Crippen LogP contribution in [0.2, 0.25) is 0 Å². The molecule has 21 heavy (non-hydrogen) atoms. The van der Waals surface area contributed by atoms with Crippen LogP contribution in [0.15, 0.2) is 23.7 Å². The highest BCUT2D eigenvalue weighted by Crippen LogP contribution is 2.28. The fourth-order valence-corrected chi connectivity index (χ4v) is 3.91. The van der Waals surface area contributed by atoms with Crippen LogP contribution in [0.25, 0.3) is 10.2 Å². The number of rotatable bonds is 4. The molecule has 0 amide bonds. The summed E-state index contributed by atoms with van der Waals surface area (Å²) in [6, 6.07) is 4.48. The third-order valence-electron chi connectivity index (χ3n) is 4.60. The predicted octanol–water partition coefficient (Wildman–Crippen LogP) is 4.03. The number of fused-ring (bicyclic) bond motifs is 1. The van der Waals surface area contributed by atoms with E-state index in [4.69, 9.17) is 0 Å². The lowest BCUT2D eigenvalue weighted by atomic mass is 9.94. The maximum absolute atomic E-state index is 10.7. The minimum Gasteiger partial charge on any atom is -0.389 e. The highest BCUT2D eigenvalue weighted by molar-refractivity contribution is 7.17. The van der Waals surface area contributed by atoms with Crippen molar-refractivity contribution in [2.24, 2.45) is 0 Å². The molecule has 2 aromatic heterocycles. The predicted molar refractivity (Wildman–Crippen MR) is 88.7 cm³/mol. The molecule has 2 aromatic rings. The van der Waals surface area contributed by atoms with Gasteiger partial charge in [0.05, 0.1) is 15.8 Å². The van der Waals surface area contributed by atoms with E-state index >= 15 is 0 Å². The molecule has 2 heterocycles. The zero-order valence-corrected chi connectivity index (χ0v) is 13.5. The highest BCUT2D eigenvalue weighted by atomic mass is 32.1. The van der Waals surface area contributed by atoms with Gasteiger partial charge in [0.25, 0.3) is 0 Å². The van der Waals surface area contributed by atoms with Gasteiger partial charge in [-0.2, -0.15) is 0 Å². The lowest BCUT2D eigenvalue weighted by Gasteiger charge is -2.29. The molecule has 0 radical (unpaired) electrons. The maximum atomic E-state index is 10.7. The van der Waals surface area contributed by atoms with Crippen LogP contribution in [0.1, 0.15) is 57.1 Å². The van der Waals surface area contributed by atoms with Gasteiger partial charge in [-0.1, -0.05) is 25.7 Å². The summed E-state index contributed by atoms with van der Waals surface area (Å²) in [5.74, 6) is 0. The van der Waals surface area contributed by atoms with E-state index in [1.165, 1.54) is 23.1 Å². The Labute approximate surface area is 130 Å². The lowest BCUT2D eigenvalue weighted by molar-refractivity contribution is 0.0231. The summed E-state index contributed by atoms with van der Waals surface area (Å²) in [5, 5.41) is 16.3. The number of hydrogen-bond donors (Lipinski definition) is 2. The SMILES string of the molecule is CC(NCC1(O)CCCCCC1)c1cnc2ccsc2c1. The van der Waals surface area contributed by atoms with E-state index in [9.17, 15) is 5.11 Å². The Morgan fingerprint density at radius 2 is 2.10 bits per heavy atom. The molecule has 1 unspecified atom stereocenters. The van der Waals surface area contributed by atoms with Crippen molar-refractivity contribution in [1.82, 2.24) is 10.3 Å². The van der Waals surface area contributed by atoms with Crippen molar-refractivity contribution in [3.05, 3.63) is 29.3 Å². The summed E-state index contributed by atoms with van der Waals surface area (Å²) in [6.45, 7) is 2.83. The van der Waals surface area contributed by atoms with Crippen molar-refractivity contribution in [2.45, 2.75) is 57.1 Å². The smallest absolute Gasteiger partial charge is 0.0809 e. The second kappa shape index (κ2) is 6.42. The van der Waals surface area contributed by atoms with E-state index in [0.717, 1.165) is 31.2 Å². The molecule has 3 nitrogen and oxygen atoms in total. The van der Waals surface area contributed by atoms with Crippen molar-refractivity contribution in [2.75, 3.05) is 6.54 Å². The van der Waals surface area contributed by atoms with Crippen LogP contribution in [0.3, 0.4) is 0 Å². The average molecular weight is 304 g/mol. The molecule has 0 aliphatic heterocycles. The van der Waals surface area contributed by atoms with Crippen molar-refractivity contribution in [3.8, 4) is 0 Å². The molecule has 1 atom stereocenters. The van der Waals surface area contributed by atoms with Gasteiger partial charge in [0, 0.05) is 18.8 Å². The Balaban J connectivity index is 1.63. The summed E-state index contributed by atoms with van der Waals surface area (Å²) >= 11 is 1.73. The number of thiophene rings is 1. The number of aliphatic hydroxyl groups is 1. The largest absolute Gasteiger partial charge is 0.389 e. The first-order valence-electron chi connectivity index (χ1n) is 7.95. The molecule has 0 bridgehead atoms. The molecule has 1 fully saturated rings. The molecule has 0 saturated heterocycles. The van der Waals surface area contributed by atoms with Crippen molar-refractivity contribution >= 4 is 21.6 Å². The molecule has 0 spiro atoms. The van der Waals surface area contributed by atoms with Crippen LogP contribution >= 0.6 is 11.3 Å². The molecule has 1 saturated carbocycles. The number of aromatic nitrogens is 1. The molecule has 2 N–H and O–H groups in total. The monoisotopic (exact) mass is 304 g/mol. The van der Waals surface area contributed by atoms with Gasteiger partial charge in [0.1, 0.15) is 0 Å². The molecule has 1 aliphatic rings. The first-order chi connectivity index (χ1) is 10.2. The van der Waals surface area contributed by atoms with Crippen LogP contribution in [0.4, 0.5) is 0 Å². The molecular weight excluding hydrogens is 280 g/mol. The van der Waals surface area contributed by atoms with Crippen LogP contribution < -0.4 is 5.32 Å². The van der Waals surface area contributed by atoms with Crippen LogP contribution in [-0.4, -0.2) is 22.2 Å². The van der Waals surface area contributed by atoms with Gasteiger partial charge in [-0.05, 0) is 42.8 Å². The second-order valence-corrected chi connectivity index (χ2v) is 7.26. The molecule has 114 valence electrons. The van der Waals surface area contributed by atoms with E-state index in [1.807, 2.05) is 6.20 Å². The van der Waals surface area contributed by atoms with Gasteiger partial charge < -0.3 is 10.4 Å². The maximum Gasteiger partial charge on any atom is 0.0809 e. The van der Waals surface area contributed by atoms with E-state index in [-0.39, 0.29) is 6.04 Å². The molecule has 4 heteroatoms. The fourth-order valence-electron chi connectivity index (χ4n) is 3.12. The molecule has 0 aromatic carbocycles. The van der Waals surface area contributed by atoms with Crippen molar-refractivity contribution in [1.29, 1.82) is 0 Å². The lowest BCUT2D eigenvalue weighted by Crippen LogP contribution is -2.41. The normalized spacial score (nSPS) is 20.3. The summed E-state index contributed by atoms with van der Waals surface area (Å²) in [7, 11) is 0. The summed E-state index contributed by atoms with van der Waals surface area (Å²) in [5.41, 5.74) is 1.74. The van der Waals surface area contributed by atoms with Gasteiger partial charge in [-0.25, -0.2) is 0 Å². The van der Waals surface area contributed by atoms with Crippen LogP contribution in [0, 0.1) is 0 Å². The topological polar surface area (TPSA) is 45.1 Å². The minimum atomic E-state index is -0.523. The number of nitrogens with zero attached hydrogens (tertiary/aromatic N) is 1. The number of pyridine rings is 1. The number of hydrogen-bond acceptors (Lipinski definition) is 4. The van der Waals surface area contributed by atoms with E-state index in [1.54, 1.807) is 11.3 Å². The molecular formula is C17H24N2OS. The Morgan fingerprint density at radius 3 is 2.86 bits per heavy atom. The Morgan fingerprint density at radius 1 is 1.33 bits per heavy atom. The summed E-state index contributed by atoms with van der Waals surface area (Å²) in [4.78, 5) is 4.50. The summed E-state index contributed by atoms with van der Waals surface area (Å²) < 4.78 is 1.23. The zero-order valence-electron chi connectivity index (χ0n) is 12.6. The van der Waals surface area contributed by atoms with Gasteiger partial charge in [0.2, 0.25) is 0 Å². The quantitative estimate of drug-likeness (QED) is 0.838. The third-order valence-corrected chi connectivity index (χ3v) is 5.45. The van der Waals surface area contributed by atoms with Crippen molar-refractivity contribution < 1.29 is 5.11 Å². The number of nitrogens with one attached hydrogen (secondary N) is 1. The Bertz CT molecular complexity index is 587. The Hall–Kier alpha value is -0.970. The van der Waals surface area contributed by atoms with E-state index < -0.39 is 5.60 Å². The fraction of sp³-hybridized carbons (Fsp3) is 0.588. The summed E-state index contributed by atoms with van der Waals surface area (Å²) in [6.07, 6.45) is 8.62. The van der Waals surface area contributed by atoms with Crippen molar-refractivity contribution in [3.63, 3.8) is 0 Å². The van der Waals surface area contributed by atoms with Gasteiger partial charge in [-0.15, -0.1) is 11.3 Å². The standard InChI is InChI=1S/C17H24N2OS/c1-13(14-10-16-15(18-11-14)6-9-21-16)19-12-17(20)7-4-2-3-5-8-17/h6,9-11,13,19-20H,2-5,7-8,12H2,1H3. The van der Waals surface area contributed by atoms with Crippen LogP contribution in [-0.2, 0) is 0 Å². The second-order valence-electron chi connectivity index (χ2n) is 6.31. The highest BCUT2D eigenvalue weighted by Gasteiger charge is 2.28. The van der Waals surface area contributed by atoms with Gasteiger partial charge in [0.15, 0.2) is 0 Å². The average Bonchev–Trinajstić information content (AvgIpc) is 2.85. The van der Waals surface area contributed by atoms with Gasteiger partial charge >= 0.3 is 0 Å².